The number of unbranched alkanes of at least 4 members (excludes halogenated alkanes) is 1. The molecule has 1 N–H and O–H groups in total. The van der Waals surface area contributed by atoms with Gasteiger partial charge in [-0.05, 0) is 37.9 Å². The van der Waals surface area contributed by atoms with Crippen LogP contribution in [0.25, 0.3) is 0 Å². The van der Waals surface area contributed by atoms with E-state index in [9.17, 15) is 14.4 Å². The van der Waals surface area contributed by atoms with Crippen LogP contribution in [0.3, 0.4) is 0 Å². The van der Waals surface area contributed by atoms with Crippen molar-refractivity contribution in [2.75, 3.05) is 20.6 Å². The van der Waals surface area contributed by atoms with E-state index >= 15 is 0 Å². The molecule has 162 valence electrons. The lowest BCUT2D eigenvalue weighted by molar-refractivity contribution is -0.169. The number of carbonyl (C=O) groups is 3. The van der Waals surface area contributed by atoms with Crippen molar-refractivity contribution in [1.29, 1.82) is 0 Å². The number of ether oxygens (including phenoxy) is 2. The summed E-state index contributed by atoms with van der Waals surface area (Å²) in [5, 5.41) is 3.32. The molecule has 0 aliphatic rings. The average Bonchev–Trinajstić information content (AvgIpc) is 2.65. The third-order valence-corrected chi connectivity index (χ3v) is 4.74. The third-order valence-electron chi connectivity index (χ3n) is 4.41. The van der Waals surface area contributed by atoms with Gasteiger partial charge in [0, 0.05) is 32.5 Å². The van der Waals surface area contributed by atoms with Gasteiger partial charge in [-0.2, -0.15) is 0 Å². The lowest BCUT2D eigenvalue weighted by Gasteiger charge is -2.23. The summed E-state index contributed by atoms with van der Waals surface area (Å²) in [7, 11) is 3.27. The van der Waals surface area contributed by atoms with E-state index in [1.165, 1.54) is 11.8 Å². The smallest absolute Gasteiger partial charge is 0.412 e. The first-order valence-electron chi connectivity index (χ1n) is 9.74. The molecule has 0 spiro atoms. The molecule has 0 radical (unpaired) electrons. The molecule has 1 aromatic rings. The summed E-state index contributed by atoms with van der Waals surface area (Å²) in [6.45, 7) is 5.70. The van der Waals surface area contributed by atoms with Gasteiger partial charge in [0.05, 0.1) is 5.02 Å². The second kappa shape index (κ2) is 12.4. The zero-order valence-electron chi connectivity index (χ0n) is 17.7. The molecule has 0 saturated heterocycles. The molecule has 8 heteroatoms. The van der Waals surface area contributed by atoms with Gasteiger partial charge in [0.2, 0.25) is 6.29 Å². The number of ketones is 1. The molecule has 7 nitrogen and oxygen atoms in total. The van der Waals surface area contributed by atoms with Crippen molar-refractivity contribution < 1.29 is 23.9 Å². The first-order chi connectivity index (χ1) is 13.7. The van der Waals surface area contributed by atoms with Crippen LogP contribution in [-0.2, 0) is 14.3 Å². The molecule has 0 aliphatic carbocycles. The number of carbonyl (C=O) groups excluding carboxylic acids is 3. The van der Waals surface area contributed by atoms with Crippen molar-refractivity contribution in [3.05, 3.63) is 34.9 Å². The highest BCUT2D eigenvalue weighted by molar-refractivity contribution is 6.33. The van der Waals surface area contributed by atoms with E-state index in [2.05, 4.69) is 5.32 Å². The minimum absolute atomic E-state index is 0.0226. The van der Waals surface area contributed by atoms with Gasteiger partial charge in [0.25, 0.3) is 0 Å². The van der Waals surface area contributed by atoms with Crippen molar-refractivity contribution in [3.63, 3.8) is 0 Å². The van der Waals surface area contributed by atoms with E-state index in [0.717, 1.165) is 0 Å². The highest BCUT2D eigenvalue weighted by atomic mass is 35.5. The van der Waals surface area contributed by atoms with E-state index < -0.39 is 24.4 Å². The van der Waals surface area contributed by atoms with Crippen molar-refractivity contribution in [2.24, 2.45) is 5.92 Å². The lowest BCUT2D eigenvalue weighted by atomic mass is 10.1. The van der Waals surface area contributed by atoms with Crippen LogP contribution in [0.15, 0.2) is 24.3 Å². The number of halogens is 1. The molecule has 29 heavy (non-hydrogen) atoms. The summed E-state index contributed by atoms with van der Waals surface area (Å²) < 4.78 is 10.3. The predicted octanol–water partition coefficient (Wildman–Crippen LogP) is 3.89. The molecule has 0 aromatic heterocycles. The van der Waals surface area contributed by atoms with Crippen LogP contribution in [0.1, 0.15) is 50.4 Å². The highest BCUT2D eigenvalue weighted by Gasteiger charge is 2.25. The van der Waals surface area contributed by atoms with E-state index in [1.54, 1.807) is 38.4 Å². The summed E-state index contributed by atoms with van der Waals surface area (Å²) in [6.07, 6.45) is 0.0127. The molecule has 0 fully saturated rings. The molecule has 2 atom stereocenters. The molecule has 1 rings (SSSR count). The van der Waals surface area contributed by atoms with Crippen LogP contribution < -0.4 is 5.32 Å². The van der Waals surface area contributed by atoms with Crippen molar-refractivity contribution in [1.82, 2.24) is 10.2 Å². The van der Waals surface area contributed by atoms with Crippen molar-refractivity contribution >= 4 is 29.4 Å². The number of amides is 1. The van der Waals surface area contributed by atoms with Crippen LogP contribution in [0.5, 0.6) is 0 Å². The zero-order chi connectivity index (χ0) is 22.0. The maximum Gasteiger partial charge on any atom is 0.412 e. The van der Waals surface area contributed by atoms with Gasteiger partial charge < -0.3 is 19.7 Å². The Balaban J connectivity index is 2.34. The van der Waals surface area contributed by atoms with Gasteiger partial charge in [-0.25, -0.2) is 4.79 Å². The Hall–Kier alpha value is -2.12. The molecule has 0 aliphatic heterocycles. The highest BCUT2D eigenvalue weighted by Crippen LogP contribution is 2.18. The number of esters is 1. The SMILES string of the molecule is CNC(C(=O)OC(C)OC(=O)N(C)CCCCC(=O)c1ccccc1Cl)C(C)C. The quantitative estimate of drug-likeness (QED) is 0.250. The van der Waals surface area contributed by atoms with E-state index in [4.69, 9.17) is 21.1 Å². The Labute approximate surface area is 177 Å². The number of nitrogens with one attached hydrogen (secondary N) is 1. The molecule has 0 saturated carbocycles. The van der Waals surface area contributed by atoms with E-state index in [1.807, 2.05) is 13.8 Å². The molecule has 2 unspecified atom stereocenters. The number of Topliss-reactive ketones (excluding diaryl/α,β-unsaturated/α-hetero) is 1. The first-order valence-corrected chi connectivity index (χ1v) is 10.1. The summed E-state index contributed by atoms with van der Waals surface area (Å²) in [4.78, 5) is 37.7. The minimum Gasteiger partial charge on any atom is -0.424 e. The summed E-state index contributed by atoms with van der Waals surface area (Å²) in [5.41, 5.74) is 0.513. The summed E-state index contributed by atoms with van der Waals surface area (Å²) >= 11 is 6.02. The van der Waals surface area contributed by atoms with Crippen molar-refractivity contribution in [3.8, 4) is 0 Å². The van der Waals surface area contributed by atoms with Crippen LogP contribution in [-0.4, -0.2) is 55.7 Å². The zero-order valence-corrected chi connectivity index (χ0v) is 18.5. The fourth-order valence-electron chi connectivity index (χ4n) is 2.76. The number of benzene rings is 1. The van der Waals surface area contributed by atoms with Gasteiger partial charge in [0.1, 0.15) is 6.04 Å². The second-order valence-corrected chi connectivity index (χ2v) is 7.59. The van der Waals surface area contributed by atoms with Gasteiger partial charge >= 0.3 is 12.1 Å². The molecule has 1 amide bonds. The average molecular weight is 427 g/mol. The van der Waals surface area contributed by atoms with Gasteiger partial charge in [-0.1, -0.05) is 37.6 Å². The monoisotopic (exact) mass is 426 g/mol. The Bertz CT molecular complexity index is 695. The Kier molecular flexibility index (Phi) is 10.7. The first kappa shape index (κ1) is 24.9. The second-order valence-electron chi connectivity index (χ2n) is 7.18. The van der Waals surface area contributed by atoms with Gasteiger partial charge in [0.15, 0.2) is 5.78 Å². The number of hydrogen-bond acceptors (Lipinski definition) is 6. The largest absolute Gasteiger partial charge is 0.424 e. The number of rotatable bonds is 11. The number of hydrogen-bond donors (Lipinski definition) is 1. The predicted molar refractivity (Wildman–Crippen MR) is 112 cm³/mol. The molecular weight excluding hydrogens is 396 g/mol. The topological polar surface area (TPSA) is 84.9 Å². The summed E-state index contributed by atoms with van der Waals surface area (Å²) in [6, 6.07) is 6.47. The Morgan fingerprint density at radius 3 is 2.34 bits per heavy atom. The molecule has 0 heterocycles. The van der Waals surface area contributed by atoms with Crippen LogP contribution in [0.4, 0.5) is 4.79 Å². The maximum atomic E-state index is 12.2. The van der Waals surface area contributed by atoms with Crippen molar-refractivity contribution in [2.45, 2.75) is 52.4 Å². The fourth-order valence-corrected chi connectivity index (χ4v) is 3.01. The standard InChI is InChI=1S/C21H31ClN2O5/c1-14(2)19(23-4)20(26)28-15(3)29-21(27)24(5)13-9-8-12-18(25)16-10-6-7-11-17(16)22/h6-7,10-11,14-15,19,23H,8-9,12-13H2,1-5H3. The third kappa shape index (κ3) is 8.41. The van der Waals surface area contributed by atoms with Gasteiger partial charge in [-0.15, -0.1) is 0 Å². The molecule has 1 aromatic carbocycles. The lowest BCUT2D eigenvalue weighted by Crippen LogP contribution is -2.42. The van der Waals surface area contributed by atoms with E-state index in [0.29, 0.717) is 36.4 Å². The summed E-state index contributed by atoms with van der Waals surface area (Å²) in [5.74, 6) is -0.444. The van der Waals surface area contributed by atoms with Crippen LogP contribution in [0.2, 0.25) is 5.02 Å². The minimum atomic E-state index is -0.992. The maximum absolute atomic E-state index is 12.2. The van der Waals surface area contributed by atoms with Gasteiger partial charge in [-0.3, -0.25) is 9.59 Å². The molecule has 0 bridgehead atoms. The Morgan fingerprint density at radius 1 is 1.10 bits per heavy atom. The number of likely N-dealkylation sites (N-methyl/N-ethyl adjacent to an activating group) is 1. The Morgan fingerprint density at radius 2 is 1.76 bits per heavy atom. The van der Waals surface area contributed by atoms with E-state index in [-0.39, 0.29) is 11.7 Å². The van der Waals surface area contributed by atoms with Crippen LogP contribution >= 0.6 is 11.6 Å². The number of nitrogens with zero attached hydrogens (tertiary/aromatic N) is 1. The molecular formula is C21H31ClN2O5. The van der Waals surface area contributed by atoms with Crippen LogP contribution in [0, 0.1) is 5.92 Å². The fraction of sp³-hybridized carbons (Fsp3) is 0.571. The normalized spacial score (nSPS) is 12.9.